The van der Waals surface area contributed by atoms with Crippen LogP contribution in [0.4, 0.5) is 13.2 Å². The summed E-state index contributed by atoms with van der Waals surface area (Å²) in [6, 6.07) is 4.26. The number of halogens is 5. The van der Waals surface area contributed by atoms with Gasteiger partial charge in [0, 0.05) is 22.0 Å². The summed E-state index contributed by atoms with van der Waals surface area (Å²) in [5.41, 5.74) is 6.19. The monoisotopic (exact) mass is 315 g/mol. The molecule has 0 amide bonds. The van der Waals surface area contributed by atoms with Gasteiger partial charge in [-0.05, 0) is 30.2 Å². The zero-order valence-corrected chi connectivity index (χ0v) is 10.5. The van der Waals surface area contributed by atoms with Crippen molar-refractivity contribution in [1.29, 1.82) is 0 Å². The Morgan fingerprint density at radius 2 is 2.00 bits per heavy atom. The minimum Gasteiger partial charge on any atom is -0.324 e. The Labute approximate surface area is 105 Å². The highest BCUT2D eigenvalue weighted by molar-refractivity contribution is 9.10. The lowest BCUT2D eigenvalue weighted by atomic mass is 10.0. The van der Waals surface area contributed by atoms with E-state index in [4.69, 9.17) is 17.3 Å². The first-order valence-corrected chi connectivity index (χ1v) is 5.74. The van der Waals surface area contributed by atoms with Gasteiger partial charge < -0.3 is 5.73 Å². The van der Waals surface area contributed by atoms with Crippen molar-refractivity contribution >= 4 is 27.5 Å². The van der Waals surface area contributed by atoms with Crippen LogP contribution in [0.15, 0.2) is 22.7 Å². The molecule has 1 nitrogen and oxygen atoms in total. The Bertz CT molecular complexity index is 368. The zero-order chi connectivity index (χ0) is 12.3. The van der Waals surface area contributed by atoms with E-state index in [0.717, 1.165) is 4.47 Å². The van der Waals surface area contributed by atoms with Crippen LogP contribution in [0.3, 0.4) is 0 Å². The molecule has 1 atom stereocenters. The van der Waals surface area contributed by atoms with E-state index in [0.29, 0.717) is 10.6 Å². The molecule has 2 N–H and O–H groups in total. The maximum atomic E-state index is 12.0. The summed E-state index contributed by atoms with van der Waals surface area (Å²) < 4.78 is 36.8. The molecular weight excluding hydrogens is 306 g/mol. The van der Waals surface area contributed by atoms with Crippen LogP contribution in [0.25, 0.3) is 0 Å². The third-order valence-corrected chi connectivity index (χ3v) is 2.93. The molecule has 16 heavy (non-hydrogen) atoms. The van der Waals surface area contributed by atoms with Crippen LogP contribution < -0.4 is 5.73 Å². The van der Waals surface area contributed by atoms with E-state index in [1.807, 2.05) is 0 Å². The highest BCUT2D eigenvalue weighted by Gasteiger charge is 2.28. The van der Waals surface area contributed by atoms with Gasteiger partial charge in [0.25, 0.3) is 0 Å². The highest BCUT2D eigenvalue weighted by Crippen LogP contribution is 2.31. The summed E-state index contributed by atoms with van der Waals surface area (Å²) in [5.74, 6) is 0. The molecule has 1 rings (SSSR count). The molecule has 0 saturated carbocycles. The van der Waals surface area contributed by atoms with Gasteiger partial charge in [0.15, 0.2) is 0 Å². The average molecular weight is 317 g/mol. The highest BCUT2D eigenvalue weighted by atomic mass is 79.9. The van der Waals surface area contributed by atoms with Gasteiger partial charge in [-0.3, -0.25) is 0 Å². The van der Waals surface area contributed by atoms with Gasteiger partial charge in [-0.25, -0.2) is 0 Å². The molecule has 1 aromatic carbocycles. The lowest BCUT2D eigenvalue weighted by Crippen LogP contribution is -2.16. The van der Waals surface area contributed by atoms with Gasteiger partial charge in [0.2, 0.25) is 0 Å². The first-order valence-electron chi connectivity index (χ1n) is 4.57. The Morgan fingerprint density at radius 3 is 2.56 bits per heavy atom. The second-order valence-corrected chi connectivity index (χ2v) is 4.75. The number of nitrogens with two attached hydrogens (primary N) is 1. The summed E-state index contributed by atoms with van der Waals surface area (Å²) in [7, 11) is 0. The fraction of sp³-hybridized carbons (Fsp3) is 0.400. The molecule has 1 aromatic rings. The van der Waals surface area contributed by atoms with Crippen molar-refractivity contribution < 1.29 is 13.2 Å². The first kappa shape index (κ1) is 13.8. The van der Waals surface area contributed by atoms with E-state index >= 15 is 0 Å². The standard InChI is InChI=1S/C10H10BrClF3N/c11-6-1-2-8(12)7(5-6)9(16)3-4-10(13,14)15/h1-2,5,9H,3-4,16H2/t9-/m0/s1. The third kappa shape index (κ3) is 4.31. The van der Waals surface area contributed by atoms with Crippen molar-refractivity contribution in [1.82, 2.24) is 0 Å². The van der Waals surface area contributed by atoms with Gasteiger partial charge >= 0.3 is 6.18 Å². The van der Waals surface area contributed by atoms with Crippen LogP contribution in [0.1, 0.15) is 24.4 Å². The normalized spacial score (nSPS) is 13.9. The van der Waals surface area contributed by atoms with Crippen LogP contribution in [-0.2, 0) is 0 Å². The van der Waals surface area contributed by atoms with Crippen LogP contribution >= 0.6 is 27.5 Å². The van der Waals surface area contributed by atoms with Gasteiger partial charge in [0.05, 0.1) is 0 Å². The summed E-state index contributed by atoms with van der Waals surface area (Å²) in [5, 5.41) is 0.387. The van der Waals surface area contributed by atoms with Crippen molar-refractivity contribution in [2.75, 3.05) is 0 Å². The number of hydrogen-bond acceptors (Lipinski definition) is 1. The lowest BCUT2D eigenvalue weighted by Gasteiger charge is -2.15. The second-order valence-electron chi connectivity index (χ2n) is 3.43. The quantitative estimate of drug-likeness (QED) is 0.876. The van der Waals surface area contributed by atoms with Crippen LogP contribution in [0, 0.1) is 0 Å². The third-order valence-electron chi connectivity index (χ3n) is 2.10. The zero-order valence-electron chi connectivity index (χ0n) is 8.19. The first-order chi connectivity index (χ1) is 7.29. The number of benzene rings is 1. The van der Waals surface area contributed by atoms with Gasteiger partial charge in [-0.15, -0.1) is 0 Å². The van der Waals surface area contributed by atoms with Crippen molar-refractivity contribution in [3.05, 3.63) is 33.3 Å². The lowest BCUT2D eigenvalue weighted by molar-refractivity contribution is -0.136. The van der Waals surface area contributed by atoms with E-state index in [1.54, 1.807) is 18.2 Å². The number of hydrogen-bond donors (Lipinski definition) is 1. The Hall–Kier alpha value is -0.260. The van der Waals surface area contributed by atoms with Gasteiger partial charge in [-0.1, -0.05) is 27.5 Å². The fourth-order valence-electron chi connectivity index (χ4n) is 1.27. The molecule has 0 unspecified atom stereocenters. The topological polar surface area (TPSA) is 26.0 Å². The summed E-state index contributed by atoms with van der Waals surface area (Å²) in [6.07, 6.45) is -5.26. The number of alkyl halides is 3. The smallest absolute Gasteiger partial charge is 0.324 e. The minimum absolute atomic E-state index is 0.167. The van der Waals surface area contributed by atoms with Crippen molar-refractivity contribution in [3.63, 3.8) is 0 Å². The van der Waals surface area contributed by atoms with E-state index in [1.165, 1.54) is 0 Å². The van der Waals surface area contributed by atoms with E-state index in [2.05, 4.69) is 15.9 Å². The molecular formula is C10H10BrClF3N. The molecule has 0 spiro atoms. The molecule has 90 valence electrons. The Kier molecular flexibility index (Phi) is 4.64. The van der Waals surface area contributed by atoms with Crippen LogP contribution in [0.2, 0.25) is 5.02 Å². The number of rotatable bonds is 3. The Balaban J connectivity index is 2.73. The van der Waals surface area contributed by atoms with Gasteiger partial charge in [0.1, 0.15) is 0 Å². The molecule has 0 aliphatic heterocycles. The molecule has 0 bridgehead atoms. The molecule has 6 heteroatoms. The van der Waals surface area contributed by atoms with Crippen molar-refractivity contribution in [2.24, 2.45) is 5.73 Å². The van der Waals surface area contributed by atoms with E-state index in [-0.39, 0.29) is 6.42 Å². The SMILES string of the molecule is N[C@@H](CCC(F)(F)F)c1cc(Br)ccc1Cl. The van der Waals surface area contributed by atoms with E-state index < -0.39 is 18.6 Å². The van der Waals surface area contributed by atoms with Crippen LogP contribution in [0.5, 0.6) is 0 Å². The predicted octanol–water partition coefficient (Wildman–Crippen LogP) is 4.44. The largest absolute Gasteiger partial charge is 0.389 e. The molecule has 0 radical (unpaired) electrons. The van der Waals surface area contributed by atoms with Crippen LogP contribution in [-0.4, -0.2) is 6.18 Å². The fourth-order valence-corrected chi connectivity index (χ4v) is 1.91. The maximum absolute atomic E-state index is 12.0. The predicted molar refractivity (Wildman–Crippen MR) is 61.4 cm³/mol. The molecule has 0 heterocycles. The molecule has 0 aliphatic rings. The van der Waals surface area contributed by atoms with Crippen molar-refractivity contribution in [2.45, 2.75) is 25.1 Å². The average Bonchev–Trinajstić information content (AvgIpc) is 2.17. The summed E-state index contributed by atoms with van der Waals surface area (Å²) in [6.45, 7) is 0. The van der Waals surface area contributed by atoms with E-state index in [9.17, 15) is 13.2 Å². The van der Waals surface area contributed by atoms with Crippen molar-refractivity contribution in [3.8, 4) is 0 Å². The molecule has 0 fully saturated rings. The molecule has 0 saturated heterocycles. The molecule has 0 aromatic heterocycles. The van der Waals surface area contributed by atoms with Gasteiger partial charge in [-0.2, -0.15) is 13.2 Å². The molecule has 0 aliphatic carbocycles. The minimum atomic E-state index is -4.18. The maximum Gasteiger partial charge on any atom is 0.389 e. The summed E-state index contributed by atoms with van der Waals surface area (Å²) >= 11 is 9.08. The summed E-state index contributed by atoms with van der Waals surface area (Å²) in [4.78, 5) is 0. The second kappa shape index (κ2) is 5.38. The Morgan fingerprint density at radius 1 is 1.38 bits per heavy atom.